The van der Waals surface area contributed by atoms with Crippen molar-refractivity contribution in [1.29, 1.82) is 0 Å². The van der Waals surface area contributed by atoms with Crippen molar-refractivity contribution in [2.75, 3.05) is 18.5 Å². The number of hydrogen-bond donors (Lipinski definition) is 2. The number of ether oxygens (including phenoxy) is 1. The molecule has 0 aliphatic carbocycles. The Morgan fingerprint density at radius 2 is 2.20 bits per heavy atom. The number of carbonyl (C=O) groups excluding carboxylic acids is 2. The third-order valence-electron chi connectivity index (χ3n) is 3.19. The maximum absolute atomic E-state index is 12.0. The lowest BCUT2D eigenvalue weighted by molar-refractivity contribution is -0.118. The van der Waals surface area contributed by atoms with Gasteiger partial charge in [-0.25, -0.2) is 0 Å². The summed E-state index contributed by atoms with van der Waals surface area (Å²) in [4.78, 5) is 23.1. The summed E-state index contributed by atoms with van der Waals surface area (Å²) in [7, 11) is 0. The minimum atomic E-state index is -0.175. The maximum atomic E-state index is 12.0. The Balaban J connectivity index is 1.89. The first-order chi connectivity index (χ1) is 9.70. The molecule has 1 heterocycles. The first kappa shape index (κ1) is 14.4. The molecule has 0 saturated heterocycles. The van der Waals surface area contributed by atoms with E-state index in [4.69, 9.17) is 4.74 Å². The number of anilines is 1. The first-order valence-corrected chi connectivity index (χ1v) is 7.05. The standard InChI is InChI=1S/C15H20N2O3/c1-2-3-4-5-8-16-15(19)11-6-7-12-13(9-11)20-10-14(18)17-12/h6-7,9H,2-5,8,10H2,1H3,(H,16,19)(H,17,18). The van der Waals surface area contributed by atoms with E-state index in [9.17, 15) is 9.59 Å². The Kier molecular flexibility index (Phi) is 4.98. The molecule has 1 aromatic carbocycles. The lowest BCUT2D eigenvalue weighted by Crippen LogP contribution is -2.27. The fourth-order valence-corrected chi connectivity index (χ4v) is 2.07. The number of unbranched alkanes of at least 4 members (excludes halogenated alkanes) is 3. The molecule has 0 spiro atoms. The molecule has 2 rings (SSSR count). The number of benzene rings is 1. The topological polar surface area (TPSA) is 67.4 Å². The van der Waals surface area contributed by atoms with Crippen LogP contribution in [0.5, 0.6) is 5.75 Å². The van der Waals surface area contributed by atoms with E-state index in [1.165, 1.54) is 12.8 Å². The summed E-state index contributed by atoms with van der Waals surface area (Å²) < 4.78 is 5.29. The molecule has 0 bridgehead atoms. The smallest absolute Gasteiger partial charge is 0.262 e. The van der Waals surface area contributed by atoms with Gasteiger partial charge in [0.2, 0.25) is 0 Å². The van der Waals surface area contributed by atoms with Crippen molar-refractivity contribution in [3.05, 3.63) is 23.8 Å². The fourth-order valence-electron chi connectivity index (χ4n) is 2.07. The van der Waals surface area contributed by atoms with Crippen LogP contribution >= 0.6 is 0 Å². The van der Waals surface area contributed by atoms with Crippen molar-refractivity contribution < 1.29 is 14.3 Å². The zero-order valence-electron chi connectivity index (χ0n) is 11.7. The van der Waals surface area contributed by atoms with Crippen molar-refractivity contribution in [2.24, 2.45) is 0 Å². The Hall–Kier alpha value is -2.04. The molecule has 0 unspecified atom stereocenters. The third kappa shape index (κ3) is 3.73. The van der Waals surface area contributed by atoms with Gasteiger partial charge in [-0.05, 0) is 24.6 Å². The van der Waals surface area contributed by atoms with E-state index in [-0.39, 0.29) is 18.4 Å². The van der Waals surface area contributed by atoms with E-state index < -0.39 is 0 Å². The highest BCUT2D eigenvalue weighted by Gasteiger charge is 2.17. The van der Waals surface area contributed by atoms with Gasteiger partial charge >= 0.3 is 0 Å². The second-order valence-electron chi connectivity index (χ2n) is 4.86. The van der Waals surface area contributed by atoms with Crippen molar-refractivity contribution in [1.82, 2.24) is 5.32 Å². The number of rotatable bonds is 6. The zero-order valence-corrected chi connectivity index (χ0v) is 11.7. The van der Waals surface area contributed by atoms with Gasteiger partial charge in [0.05, 0.1) is 5.69 Å². The molecule has 5 nitrogen and oxygen atoms in total. The van der Waals surface area contributed by atoms with Crippen LogP contribution in [-0.2, 0) is 4.79 Å². The molecular formula is C15H20N2O3. The Morgan fingerprint density at radius 1 is 1.35 bits per heavy atom. The van der Waals surface area contributed by atoms with E-state index in [1.807, 2.05) is 0 Å². The van der Waals surface area contributed by atoms with Gasteiger partial charge < -0.3 is 15.4 Å². The Labute approximate surface area is 118 Å². The molecule has 1 aliphatic rings. The molecular weight excluding hydrogens is 256 g/mol. The van der Waals surface area contributed by atoms with Crippen LogP contribution in [0, 0.1) is 0 Å². The van der Waals surface area contributed by atoms with Gasteiger partial charge in [0.15, 0.2) is 6.61 Å². The first-order valence-electron chi connectivity index (χ1n) is 7.05. The SMILES string of the molecule is CCCCCCNC(=O)c1ccc2c(c1)OCC(=O)N2. The molecule has 2 amide bonds. The monoisotopic (exact) mass is 276 g/mol. The molecule has 0 fully saturated rings. The number of fused-ring (bicyclic) bond motifs is 1. The van der Waals surface area contributed by atoms with E-state index in [2.05, 4.69) is 17.6 Å². The second kappa shape index (κ2) is 6.93. The number of carbonyl (C=O) groups is 2. The number of hydrogen-bond acceptors (Lipinski definition) is 3. The summed E-state index contributed by atoms with van der Waals surface area (Å²) >= 11 is 0. The molecule has 5 heteroatoms. The van der Waals surface area contributed by atoms with Gasteiger partial charge in [-0.15, -0.1) is 0 Å². The summed E-state index contributed by atoms with van der Waals surface area (Å²) in [6.45, 7) is 2.84. The van der Waals surface area contributed by atoms with E-state index >= 15 is 0 Å². The van der Waals surface area contributed by atoms with Crippen LogP contribution in [0.4, 0.5) is 5.69 Å². The summed E-state index contributed by atoms with van der Waals surface area (Å²) in [6.07, 6.45) is 4.51. The van der Waals surface area contributed by atoms with Crippen LogP contribution < -0.4 is 15.4 Å². The Morgan fingerprint density at radius 3 is 3.00 bits per heavy atom. The lowest BCUT2D eigenvalue weighted by Gasteiger charge is -2.18. The van der Waals surface area contributed by atoms with Crippen LogP contribution in [0.15, 0.2) is 18.2 Å². The second-order valence-corrected chi connectivity index (χ2v) is 4.86. The highest BCUT2D eigenvalue weighted by atomic mass is 16.5. The van der Waals surface area contributed by atoms with E-state index in [0.717, 1.165) is 12.8 Å². The molecule has 0 radical (unpaired) electrons. The van der Waals surface area contributed by atoms with Crippen molar-refractivity contribution in [3.63, 3.8) is 0 Å². The van der Waals surface area contributed by atoms with Gasteiger partial charge in [0, 0.05) is 12.1 Å². The summed E-state index contributed by atoms with van der Waals surface area (Å²) in [5.41, 5.74) is 1.16. The summed E-state index contributed by atoms with van der Waals surface area (Å²) in [5, 5.41) is 5.59. The van der Waals surface area contributed by atoms with Gasteiger partial charge in [-0.2, -0.15) is 0 Å². The molecule has 0 saturated carbocycles. The van der Waals surface area contributed by atoms with Gasteiger partial charge in [0.25, 0.3) is 11.8 Å². The quantitative estimate of drug-likeness (QED) is 0.784. The third-order valence-corrected chi connectivity index (χ3v) is 3.19. The van der Waals surface area contributed by atoms with Gasteiger partial charge in [-0.1, -0.05) is 26.2 Å². The van der Waals surface area contributed by atoms with Crippen LogP contribution in [0.25, 0.3) is 0 Å². The van der Waals surface area contributed by atoms with Crippen molar-refractivity contribution >= 4 is 17.5 Å². The number of nitrogens with one attached hydrogen (secondary N) is 2. The van der Waals surface area contributed by atoms with Crippen molar-refractivity contribution in [2.45, 2.75) is 32.6 Å². The zero-order chi connectivity index (χ0) is 14.4. The Bertz CT molecular complexity index is 500. The fraction of sp³-hybridized carbons (Fsp3) is 0.467. The van der Waals surface area contributed by atoms with Crippen LogP contribution in [0.2, 0.25) is 0 Å². The predicted molar refractivity (Wildman–Crippen MR) is 77.0 cm³/mol. The molecule has 1 aromatic rings. The summed E-state index contributed by atoms with van der Waals surface area (Å²) in [5.74, 6) is 0.263. The normalized spacial score (nSPS) is 13.2. The maximum Gasteiger partial charge on any atom is 0.262 e. The average Bonchev–Trinajstić information content (AvgIpc) is 2.46. The van der Waals surface area contributed by atoms with Crippen LogP contribution in [-0.4, -0.2) is 25.0 Å². The average molecular weight is 276 g/mol. The predicted octanol–water partition coefficient (Wildman–Crippen LogP) is 2.33. The molecule has 2 N–H and O–H groups in total. The van der Waals surface area contributed by atoms with Gasteiger partial charge in [0.1, 0.15) is 5.75 Å². The molecule has 108 valence electrons. The molecule has 1 aliphatic heterocycles. The van der Waals surface area contributed by atoms with E-state index in [1.54, 1.807) is 18.2 Å². The molecule has 0 atom stereocenters. The van der Waals surface area contributed by atoms with Crippen LogP contribution in [0.1, 0.15) is 43.0 Å². The van der Waals surface area contributed by atoms with Crippen molar-refractivity contribution in [3.8, 4) is 5.75 Å². The number of amides is 2. The molecule has 20 heavy (non-hydrogen) atoms. The minimum absolute atomic E-state index is 0.00487. The highest BCUT2D eigenvalue weighted by Crippen LogP contribution is 2.28. The highest BCUT2D eigenvalue weighted by molar-refractivity contribution is 5.98. The minimum Gasteiger partial charge on any atom is -0.482 e. The summed E-state index contributed by atoms with van der Waals surface area (Å²) in [6, 6.07) is 5.05. The van der Waals surface area contributed by atoms with E-state index in [0.29, 0.717) is 23.5 Å². The molecule has 0 aromatic heterocycles. The van der Waals surface area contributed by atoms with Crippen LogP contribution in [0.3, 0.4) is 0 Å². The largest absolute Gasteiger partial charge is 0.482 e. The van der Waals surface area contributed by atoms with Gasteiger partial charge in [-0.3, -0.25) is 9.59 Å². The lowest BCUT2D eigenvalue weighted by atomic mass is 10.1.